The number of halogens is 1. The SMILES string of the molecule is CC(C)OP(=O)(OC(C)C)C(=O)c1ccc(F)cc1. The Labute approximate surface area is 112 Å². The highest BCUT2D eigenvalue weighted by molar-refractivity contribution is 7.72. The number of hydrogen-bond acceptors (Lipinski definition) is 4. The molecule has 0 N–H and O–H groups in total. The zero-order valence-corrected chi connectivity index (χ0v) is 12.3. The second kappa shape index (κ2) is 6.42. The van der Waals surface area contributed by atoms with E-state index >= 15 is 0 Å². The summed E-state index contributed by atoms with van der Waals surface area (Å²) in [5.74, 6) is -0.471. The predicted molar refractivity (Wildman–Crippen MR) is 70.8 cm³/mol. The molecular weight excluding hydrogens is 270 g/mol. The maximum absolute atomic E-state index is 12.8. The molecule has 106 valence electrons. The lowest BCUT2D eigenvalue weighted by molar-refractivity contribution is 0.0924. The van der Waals surface area contributed by atoms with E-state index in [2.05, 4.69) is 0 Å². The molecule has 0 heterocycles. The number of carbonyl (C=O) groups excluding carboxylic acids is 1. The minimum Gasteiger partial charge on any atom is -0.300 e. The average molecular weight is 288 g/mol. The molecule has 0 bridgehead atoms. The van der Waals surface area contributed by atoms with Crippen LogP contribution >= 0.6 is 7.60 Å². The largest absolute Gasteiger partial charge is 0.402 e. The molecule has 0 spiro atoms. The van der Waals surface area contributed by atoms with Crippen LogP contribution in [-0.4, -0.2) is 17.7 Å². The molecule has 0 saturated heterocycles. The van der Waals surface area contributed by atoms with Crippen LogP contribution in [0.1, 0.15) is 38.1 Å². The Bertz CT molecular complexity index is 468. The fourth-order valence-corrected chi connectivity index (χ4v) is 3.24. The van der Waals surface area contributed by atoms with Crippen molar-refractivity contribution in [2.75, 3.05) is 0 Å². The molecule has 19 heavy (non-hydrogen) atoms. The summed E-state index contributed by atoms with van der Waals surface area (Å²) in [4.78, 5) is 12.2. The van der Waals surface area contributed by atoms with Gasteiger partial charge in [-0.2, -0.15) is 0 Å². The Balaban J connectivity index is 3.07. The normalized spacial score (nSPS) is 12.2. The van der Waals surface area contributed by atoms with Gasteiger partial charge in [0.05, 0.1) is 12.2 Å². The average Bonchev–Trinajstić information content (AvgIpc) is 2.26. The molecule has 0 aliphatic rings. The standard InChI is InChI=1S/C13H18FO4P/c1-9(2)17-19(16,18-10(3)4)13(15)11-5-7-12(14)8-6-11/h5-10H,1-4H3. The molecule has 0 radical (unpaired) electrons. The second-order valence-corrected chi connectivity index (χ2v) is 6.44. The monoisotopic (exact) mass is 288 g/mol. The Hall–Kier alpha value is -1.03. The summed E-state index contributed by atoms with van der Waals surface area (Å²) in [6.45, 7) is 6.64. The van der Waals surface area contributed by atoms with E-state index in [0.29, 0.717) is 0 Å². The van der Waals surface area contributed by atoms with Crippen molar-refractivity contribution in [2.24, 2.45) is 0 Å². The van der Waals surface area contributed by atoms with Crippen molar-refractivity contribution in [3.8, 4) is 0 Å². The summed E-state index contributed by atoms with van der Waals surface area (Å²) in [5, 5.41) is 0. The van der Waals surface area contributed by atoms with Gasteiger partial charge >= 0.3 is 7.60 Å². The van der Waals surface area contributed by atoms with Gasteiger partial charge in [0.1, 0.15) is 5.82 Å². The van der Waals surface area contributed by atoms with Crippen molar-refractivity contribution in [1.82, 2.24) is 0 Å². The van der Waals surface area contributed by atoms with Gasteiger partial charge in [-0.25, -0.2) is 4.39 Å². The lowest BCUT2D eigenvalue weighted by atomic mass is 10.2. The number of rotatable bonds is 6. The number of carbonyl (C=O) groups is 1. The van der Waals surface area contributed by atoms with Crippen molar-refractivity contribution in [2.45, 2.75) is 39.9 Å². The summed E-state index contributed by atoms with van der Waals surface area (Å²) < 4.78 is 35.7. The van der Waals surface area contributed by atoms with Crippen LogP contribution in [0.3, 0.4) is 0 Å². The van der Waals surface area contributed by atoms with Gasteiger partial charge in [-0.05, 0) is 52.0 Å². The zero-order chi connectivity index (χ0) is 14.6. The van der Waals surface area contributed by atoms with Gasteiger partial charge in [0, 0.05) is 5.56 Å². The molecule has 1 aromatic carbocycles. The molecule has 1 aromatic rings. The summed E-state index contributed by atoms with van der Waals surface area (Å²) in [6.07, 6.45) is -0.844. The highest BCUT2D eigenvalue weighted by Gasteiger charge is 2.37. The molecule has 0 aromatic heterocycles. The van der Waals surface area contributed by atoms with Gasteiger partial charge in [-0.15, -0.1) is 0 Å². The van der Waals surface area contributed by atoms with Crippen molar-refractivity contribution in [1.29, 1.82) is 0 Å². The maximum atomic E-state index is 12.8. The first-order valence-corrected chi connectivity index (χ1v) is 7.56. The van der Waals surface area contributed by atoms with Gasteiger partial charge in [-0.1, -0.05) is 0 Å². The topological polar surface area (TPSA) is 52.6 Å². The highest BCUT2D eigenvalue weighted by Crippen LogP contribution is 2.53. The van der Waals surface area contributed by atoms with E-state index in [0.717, 1.165) is 12.1 Å². The molecule has 6 heteroatoms. The van der Waals surface area contributed by atoms with E-state index in [-0.39, 0.29) is 5.56 Å². The van der Waals surface area contributed by atoms with Gasteiger partial charge in [0.25, 0.3) is 5.52 Å². The van der Waals surface area contributed by atoms with E-state index in [1.165, 1.54) is 12.1 Å². The molecule has 0 aliphatic heterocycles. The summed E-state index contributed by atoms with van der Waals surface area (Å²) in [7, 11) is -3.92. The van der Waals surface area contributed by atoms with Crippen LogP contribution < -0.4 is 0 Å². The van der Waals surface area contributed by atoms with E-state index in [1.807, 2.05) is 0 Å². The third kappa shape index (κ3) is 4.53. The lowest BCUT2D eigenvalue weighted by Crippen LogP contribution is -2.14. The highest BCUT2D eigenvalue weighted by atomic mass is 31.2. The fraction of sp³-hybridized carbons (Fsp3) is 0.462. The molecule has 0 atom stereocenters. The van der Waals surface area contributed by atoms with Gasteiger partial charge in [0.15, 0.2) is 0 Å². The van der Waals surface area contributed by atoms with E-state index in [9.17, 15) is 13.8 Å². The Morgan fingerprint density at radius 3 is 1.84 bits per heavy atom. The molecule has 0 aliphatic carbocycles. The fourth-order valence-electron chi connectivity index (χ4n) is 1.43. The third-order valence-corrected chi connectivity index (χ3v) is 4.19. The Morgan fingerprint density at radius 2 is 1.47 bits per heavy atom. The summed E-state index contributed by atoms with van der Waals surface area (Å²) in [6, 6.07) is 4.78. The molecular formula is C13H18FO4P. The maximum Gasteiger partial charge on any atom is 0.402 e. The van der Waals surface area contributed by atoms with Crippen molar-refractivity contribution >= 4 is 13.1 Å². The van der Waals surface area contributed by atoms with E-state index in [1.54, 1.807) is 27.7 Å². The van der Waals surface area contributed by atoms with Crippen LogP contribution in [0.5, 0.6) is 0 Å². The molecule has 1 rings (SSSR count). The third-order valence-electron chi connectivity index (χ3n) is 2.04. The minimum atomic E-state index is -3.92. The molecule has 0 fully saturated rings. The van der Waals surface area contributed by atoms with Crippen LogP contribution in [0.4, 0.5) is 4.39 Å². The Morgan fingerprint density at radius 1 is 1.05 bits per heavy atom. The Kier molecular flexibility index (Phi) is 5.41. The second-order valence-electron chi connectivity index (χ2n) is 4.62. The lowest BCUT2D eigenvalue weighted by Gasteiger charge is -2.21. The molecule has 4 nitrogen and oxygen atoms in total. The first-order valence-electron chi connectivity index (χ1n) is 6.02. The number of hydrogen-bond donors (Lipinski definition) is 0. The van der Waals surface area contributed by atoms with Crippen molar-refractivity contribution in [3.05, 3.63) is 35.6 Å². The summed E-state index contributed by atoms with van der Waals surface area (Å²) in [5.41, 5.74) is -0.652. The smallest absolute Gasteiger partial charge is 0.300 e. The van der Waals surface area contributed by atoms with Crippen LogP contribution in [-0.2, 0) is 13.6 Å². The van der Waals surface area contributed by atoms with Crippen LogP contribution in [0.15, 0.2) is 24.3 Å². The number of benzene rings is 1. The molecule has 0 amide bonds. The van der Waals surface area contributed by atoms with Crippen molar-refractivity contribution < 1.29 is 22.8 Å². The molecule has 0 unspecified atom stereocenters. The summed E-state index contributed by atoms with van der Waals surface area (Å²) >= 11 is 0. The van der Waals surface area contributed by atoms with Gasteiger partial charge < -0.3 is 9.05 Å². The molecule has 0 saturated carbocycles. The van der Waals surface area contributed by atoms with Gasteiger partial charge in [0.2, 0.25) is 0 Å². The predicted octanol–water partition coefficient (Wildman–Crippen LogP) is 4.01. The van der Waals surface area contributed by atoms with Crippen LogP contribution in [0.25, 0.3) is 0 Å². The zero-order valence-electron chi connectivity index (χ0n) is 11.4. The van der Waals surface area contributed by atoms with Crippen molar-refractivity contribution in [3.63, 3.8) is 0 Å². The first-order chi connectivity index (χ1) is 8.74. The quantitative estimate of drug-likeness (QED) is 0.742. The van der Waals surface area contributed by atoms with Gasteiger partial charge in [-0.3, -0.25) is 9.36 Å². The minimum absolute atomic E-state index is 0.103. The van der Waals surface area contributed by atoms with E-state index < -0.39 is 31.1 Å². The van der Waals surface area contributed by atoms with E-state index in [4.69, 9.17) is 9.05 Å². The first kappa shape index (κ1) is 16.0. The van der Waals surface area contributed by atoms with Crippen LogP contribution in [0.2, 0.25) is 0 Å². The van der Waals surface area contributed by atoms with Crippen LogP contribution in [0, 0.1) is 5.82 Å².